The van der Waals surface area contributed by atoms with E-state index in [1.54, 1.807) is 48.5 Å². The zero-order chi connectivity index (χ0) is 51.6. The first-order valence-corrected chi connectivity index (χ1v) is 20.1. The maximum absolute atomic E-state index is 13.0. The summed E-state index contributed by atoms with van der Waals surface area (Å²) in [4.78, 5) is 55.1. The molecule has 3 aromatic carbocycles. The number of nitrogens with zero attached hydrogens (tertiary/aromatic N) is 13. The number of nitrogens with one attached hydrogen (secondary N) is 3. The molecule has 0 saturated carbocycles. The van der Waals surface area contributed by atoms with Gasteiger partial charge in [-0.15, -0.1) is 0 Å². The van der Waals surface area contributed by atoms with Crippen LogP contribution in [0.2, 0.25) is 0 Å². The molecule has 0 aliphatic heterocycles. The summed E-state index contributed by atoms with van der Waals surface area (Å²) in [7, 11) is 5.85. The highest BCUT2D eigenvalue weighted by molar-refractivity contribution is 5.95. The number of ether oxygens (including phenoxy) is 1. The Morgan fingerprint density at radius 1 is 0.563 bits per heavy atom. The number of imidazole rings is 3. The number of methoxy groups -OCH3 is 1. The number of halogens is 9. The highest BCUT2D eigenvalue weighted by atomic mass is 19.4. The van der Waals surface area contributed by atoms with E-state index < -0.39 is 40.9 Å². The lowest BCUT2D eigenvalue weighted by Crippen LogP contribution is -2.13. The number of fused-ring (bicyclic) bond motifs is 3. The molecule has 6 heterocycles. The Bertz CT molecular complexity index is 3290. The Morgan fingerprint density at radius 2 is 0.930 bits per heavy atom. The SMILES string of the molecule is CNc1nc(C(F)(F)F)nc2c1ncn2-c1cccc(C(C)=O)c1.CNc1nc(C(F)(F)F)nc2c1ncn2-c1cccc(OC)c1.CNc1nc(C(F)(F)F)nc2c1ncn2-c1cccc([N+](=O)[O-])c1. The normalized spacial score (nSPS) is 11.7. The molecule has 20 nitrogen and oxygen atoms in total. The molecule has 6 aromatic heterocycles. The summed E-state index contributed by atoms with van der Waals surface area (Å²) in [5, 5.41) is 18.6. The maximum atomic E-state index is 13.0. The second-order valence-electron chi connectivity index (χ2n) is 14.4. The van der Waals surface area contributed by atoms with Crippen LogP contribution in [0.1, 0.15) is 34.8 Å². The summed E-state index contributed by atoms with van der Waals surface area (Å²) in [6.07, 6.45) is -10.1. The molecule has 3 N–H and O–H groups in total. The van der Waals surface area contributed by atoms with E-state index in [1.807, 2.05) is 0 Å². The predicted molar refractivity (Wildman–Crippen MR) is 237 cm³/mol. The highest BCUT2D eigenvalue weighted by Crippen LogP contribution is 2.34. The van der Waals surface area contributed by atoms with Gasteiger partial charge in [0.2, 0.25) is 17.5 Å². The Labute approximate surface area is 391 Å². The molecule has 9 aromatic rings. The molecular formula is C42H33F9N16O4. The fraction of sp³-hybridized carbons (Fsp3) is 0.190. The number of carbonyl (C=O) groups is 1. The van der Waals surface area contributed by atoms with Crippen molar-refractivity contribution in [2.45, 2.75) is 25.5 Å². The van der Waals surface area contributed by atoms with E-state index in [2.05, 4.69) is 60.8 Å². The van der Waals surface area contributed by atoms with Gasteiger partial charge in [-0.2, -0.15) is 39.5 Å². The zero-order valence-corrected chi connectivity index (χ0v) is 37.0. The van der Waals surface area contributed by atoms with Gasteiger partial charge in [0, 0.05) is 50.6 Å². The van der Waals surface area contributed by atoms with Crippen molar-refractivity contribution < 1.29 is 54.0 Å². The van der Waals surface area contributed by atoms with E-state index in [0.29, 0.717) is 22.7 Å². The average molecular weight is 997 g/mol. The first kappa shape index (κ1) is 49.8. The second-order valence-corrected chi connectivity index (χ2v) is 14.4. The van der Waals surface area contributed by atoms with Crippen LogP contribution in [0.3, 0.4) is 0 Å². The van der Waals surface area contributed by atoms with Crippen molar-refractivity contribution in [3.05, 3.63) is 125 Å². The Kier molecular flexibility index (Phi) is 13.7. The molecule has 0 spiro atoms. The third-order valence-corrected chi connectivity index (χ3v) is 9.84. The number of aromatic nitrogens is 12. The standard InChI is InChI=1S/C15H12F3N5O.C14H12F3N5O.C13H9F3N6O2/c1-8(24)9-4-3-5-10(6-9)23-7-20-11-12(19-2)21-14(15(16,17)18)22-13(11)23;1-18-11-10-12(21-13(20-11)14(15,16)17)22(7-19-10)8-4-3-5-9(6-8)23-2;1-17-10-9-11(20-12(19-10)13(14,15)16)21(6-18-9)7-3-2-4-8(5-7)22(23)24/h3-7H,1-2H3,(H,19,21,22);3-7H,1-2H3,(H,18,20,21);2-6H,1H3,(H,17,19,20). The minimum Gasteiger partial charge on any atom is -0.497 e. The number of ketones is 1. The van der Waals surface area contributed by atoms with Crippen molar-refractivity contribution in [2.75, 3.05) is 44.2 Å². The van der Waals surface area contributed by atoms with Gasteiger partial charge < -0.3 is 20.7 Å². The fourth-order valence-corrected chi connectivity index (χ4v) is 6.56. The molecule has 0 saturated heterocycles. The van der Waals surface area contributed by atoms with Crippen molar-refractivity contribution in [1.82, 2.24) is 58.6 Å². The molecule has 368 valence electrons. The molecule has 0 atom stereocenters. The molecule has 0 aliphatic rings. The van der Waals surface area contributed by atoms with E-state index in [-0.39, 0.29) is 68.1 Å². The third-order valence-electron chi connectivity index (χ3n) is 9.84. The van der Waals surface area contributed by atoms with Crippen LogP contribution in [0, 0.1) is 10.1 Å². The summed E-state index contributed by atoms with van der Waals surface area (Å²) >= 11 is 0. The van der Waals surface area contributed by atoms with Crippen LogP contribution in [-0.2, 0) is 18.5 Å². The first-order chi connectivity index (χ1) is 33.6. The van der Waals surface area contributed by atoms with Gasteiger partial charge in [-0.3, -0.25) is 28.6 Å². The Hall–Kier alpha value is -9.05. The molecule has 0 aliphatic carbocycles. The summed E-state index contributed by atoms with van der Waals surface area (Å²) < 4.78 is 126. The van der Waals surface area contributed by atoms with Crippen LogP contribution >= 0.6 is 0 Å². The smallest absolute Gasteiger partial charge is 0.451 e. The van der Waals surface area contributed by atoms with E-state index in [0.717, 1.165) is 0 Å². The molecule has 0 amide bonds. The van der Waals surface area contributed by atoms with E-state index in [4.69, 9.17) is 4.74 Å². The van der Waals surface area contributed by atoms with Gasteiger partial charge in [0.05, 0.1) is 23.4 Å². The van der Waals surface area contributed by atoms with Gasteiger partial charge in [0.25, 0.3) is 5.69 Å². The van der Waals surface area contributed by atoms with Gasteiger partial charge in [-0.1, -0.05) is 24.3 Å². The molecule has 0 unspecified atom stereocenters. The van der Waals surface area contributed by atoms with Crippen LogP contribution in [0.5, 0.6) is 5.75 Å². The number of nitro benzene ring substituents is 1. The van der Waals surface area contributed by atoms with Crippen LogP contribution in [0.25, 0.3) is 50.6 Å². The quantitative estimate of drug-likeness (QED) is 0.0530. The Morgan fingerprint density at radius 3 is 1.28 bits per heavy atom. The van der Waals surface area contributed by atoms with Crippen LogP contribution < -0.4 is 20.7 Å². The molecular weight excluding hydrogens is 964 g/mol. The summed E-state index contributed by atoms with van der Waals surface area (Å²) in [6.45, 7) is 1.41. The van der Waals surface area contributed by atoms with Crippen molar-refractivity contribution in [2.24, 2.45) is 0 Å². The van der Waals surface area contributed by atoms with Gasteiger partial charge in [0.15, 0.2) is 56.7 Å². The number of rotatable bonds is 9. The lowest BCUT2D eigenvalue weighted by atomic mass is 10.1. The zero-order valence-electron chi connectivity index (χ0n) is 37.0. The van der Waals surface area contributed by atoms with E-state index in [1.165, 1.54) is 92.1 Å². The van der Waals surface area contributed by atoms with E-state index >= 15 is 0 Å². The number of anilines is 3. The van der Waals surface area contributed by atoms with Gasteiger partial charge in [-0.05, 0) is 37.3 Å². The van der Waals surface area contributed by atoms with Crippen molar-refractivity contribution in [3.8, 4) is 22.8 Å². The number of benzene rings is 3. The van der Waals surface area contributed by atoms with E-state index in [9.17, 15) is 54.4 Å². The number of nitro groups is 1. The van der Waals surface area contributed by atoms with Crippen LogP contribution in [-0.4, -0.2) is 97.5 Å². The number of alkyl halides is 9. The second kappa shape index (κ2) is 19.5. The van der Waals surface area contributed by atoms with Crippen LogP contribution in [0.15, 0.2) is 91.8 Å². The minimum atomic E-state index is -4.74. The van der Waals surface area contributed by atoms with Gasteiger partial charge in [-0.25, -0.2) is 44.9 Å². The first-order valence-electron chi connectivity index (χ1n) is 20.1. The fourth-order valence-electron chi connectivity index (χ4n) is 6.56. The predicted octanol–water partition coefficient (Wildman–Crippen LogP) is 8.75. The topological polar surface area (TPSA) is 236 Å². The summed E-state index contributed by atoms with van der Waals surface area (Å²) in [5.41, 5.74) is 2.11. The number of carbonyl (C=O) groups excluding carboxylic acids is 1. The van der Waals surface area contributed by atoms with Crippen molar-refractivity contribution in [1.29, 1.82) is 0 Å². The molecule has 29 heteroatoms. The van der Waals surface area contributed by atoms with Gasteiger partial charge in [0.1, 0.15) is 24.7 Å². The third kappa shape index (κ3) is 10.5. The maximum Gasteiger partial charge on any atom is 0.451 e. The largest absolute Gasteiger partial charge is 0.497 e. The summed E-state index contributed by atoms with van der Waals surface area (Å²) in [6, 6.07) is 18.8. The molecule has 71 heavy (non-hydrogen) atoms. The minimum absolute atomic E-state index is 0.00220. The number of Topliss-reactive ketones (excluding diaryl/α,β-unsaturated/α-hetero) is 1. The van der Waals surface area contributed by atoms with Crippen molar-refractivity contribution >= 4 is 62.4 Å². The van der Waals surface area contributed by atoms with Crippen molar-refractivity contribution in [3.63, 3.8) is 0 Å². The monoisotopic (exact) mass is 996 g/mol. The molecule has 0 radical (unpaired) electrons. The molecule has 0 fully saturated rings. The number of hydrogen-bond donors (Lipinski definition) is 3. The highest BCUT2D eigenvalue weighted by Gasteiger charge is 2.38. The lowest BCUT2D eigenvalue weighted by molar-refractivity contribution is -0.384. The molecule has 0 bridgehead atoms. The van der Waals surface area contributed by atoms with Crippen LogP contribution in [0.4, 0.5) is 62.7 Å². The average Bonchev–Trinajstić information content (AvgIpc) is 4.10. The molecule has 9 rings (SSSR count). The summed E-state index contributed by atoms with van der Waals surface area (Å²) in [5.74, 6) is -3.48. The van der Waals surface area contributed by atoms with Gasteiger partial charge >= 0.3 is 18.5 Å². The number of non-ortho nitro benzene ring substituents is 1. The Balaban J connectivity index is 0.000000157. The number of hydrogen-bond acceptors (Lipinski definition) is 16. The lowest BCUT2D eigenvalue weighted by Gasteiger charge is -2.10.